The Hall–Kier alpha value is -4.04. The van der Waals surface area contributed by atoms with Gasteiger partial charge in [0.1, 0.15) is 11.2 Å². The molecule has 2 heteroatoms. The van der Waals surface area contributed by atoms with E-state index in [0.29, 0.717) is 0 Å². The van der Waals surface area contributed by atoms with E-state index in [1.165, 1.54) is 38.4 Å². The Kier molecular flexibility index (Phi) is 3.64. The minimum Gasteiger partial charge on any atom is -0.456 e. The zero-order valence-electron chi connectivity index (χ0n) is 18.6. The number of furan rings is 1. The molecule has 0 saturated heterocycles. The second-order valence-corrected chi connectivity index (χ2v) is 9.50. The van der Waals surface area contributed by atoms with Crippen molar-refractivity contribution in [3.63, 3.8) is 0 Å². The highest BCUT2D eigenvalue weighted by atomic mass is 16.3. The lowest BCUT2D eigenvalue weighted by molar-refractivity contribution is 0.660. The van der Waals surface area contributed by atoms with E-state index in [1.807, 2.05) is 12.1 Å². The lowest BCUT2D eigenvalue weighted by Gasteiger charge is -2.22. The molecule has 1 aliphatic carbocycles. The summed E-state index contributed by atoms with van der Waals surface area (Å²) < 4.78 is 6.25. The molecule has 6 aromatic rings. The first-order valence-electron chi connectivity index (χ1n) is 11.5. The predicted molar refractivity (Wildman–Crippen MR) is 139 cm³/mol. The quantitative estimate of drug-likeness (QED) is 0.300. The molecule has 1 N–H and O–H groups in total. The lowest BCUT2D eigenvalue weighted by atomic mass is 9.82. The van der Waals surface area contributed by atoms with Gasteiger partial charge in [0.25, 0.3) is 0 Å². The zero-order valence-corrected chi connectivity index (χ0v) is 18.6. The van der Waals surface area contributed by atoms with Crippen molar-refractivity contribution < 1.29 is 4.42 Å². The highest BCUT2D eigenvalue weighted by molar-refractivity contribution is 6.21. The number of nitrogens with one attached hydrogen (secondary N) is 1. The lowest BCUT2D eigenvalue weighted by Crippen LogP contribution is -2.15. The van der Waals surface area contributed by atoms with Crippen LogP contribution in [0.4, 0.5) is 11.4 Å². The molecule has 0 radical (unpaired) electrons. The molecule has 1 aliphatic rings. The van der Waals surface area contributed by atoms with Crippen LogP contribution in [0.25, 0.3) is 43.8 Å². The smallest absolute Gasteiger partial charge is 0.138 e. The Bertz CT molecular complexity index is 1720. The summed E-state index contributed by atoms with van der Waals surface area (Å²) in [5.74, 6) is 0. The Morgan fingerprint density at radius 1 is 0.606 bits per heavy atom. The van der Waals surface area contributed by atoms with Gasteiger partial charge in [0, 0.05) is 33.3 Å². The Labute approximate surface area is 192 Å². The maximum absolute atomic E-state index is 6.25. The molecule has 2 nitrogen and oxygen atoms in total. The Balaban J connectivity index is 1.40. The molecule has 0 fully saturated rings. The fourth-order valence-electron chi connectivity index (χ4n) is 5.63. The number of hydrogen-bond acceptors (Lipinski definition) is 2. The first-order valence-corrected chi connectivity index (χ1v) is 11.5. The maximum atomic E-state index is 6.25. The third-order valence-electron chi connectivity index (χ3n) is 7.25. The largest absolute Gasteiger partial charge is 0.456 e. The highest BCUT2D eigenvalue weighted by Gasteiger charge is 2.35. The molecule has 7 rings (SSSR count). The average Bonchev–Trinajstić information content (AvgIpc) is 3.32. The molecule has 0 aliphatic heterocycles. The molecule has 0 saturated carbocycles. The fourth-order valence-corrected chi connectivity index (χ4v) is 5.63. The van der Waals surface area contributed by atoms with Gasteiger partial charge in [-0.15, -0.1) is 0 Å². The van der Waals surface area contributed by atoms with Crippen LogP contribution in [0.2, 0.25) is 0 Å². The summed E-state index contributed by atoms with van der Waals surface area (Å²) >= 11 is 0. The van der Waals surface area contributed by atoms with Crippen molar-refractivity contribution in [1.82, 2.24) is 0 Å². The zero-order chi connectivity index (χ0) is 22.2. The second-order valence-electron chi connectivity index (χ2n) is 9.50. The SMILES string of the molecule is CC1(C)c2ccccc2-c2ccc(Nc3cc4oc5ccccc5c4c4ccccc34)cc21. The van der Waals surface area contributed by atoms with E-state index in [-0.39, 0.29) is 5.41 Å². The summed E-state index contributed by atoms with van der Waals surface area (Å²) in [6, 6.07) is 34.5. The fraction of sp³-hybridized carbons (Fsp3) is 0.0968. The van der Waals surface area contributed by atoms with Gasteiger partial charge in [-0.3, -0.25) is 0 Å². The maximum Gasteiger partial charge on any atom is 0.138 e. The van der Waals surface area contributed by atoms with E-state index in [9.17, 15) is 0 Å². The number of fused-ring (bicyclic) bond motifs is 8. The van der Waals surface area contributed by atoms with Crippen LogP contribution in [0.1, 0.15) is 25.0 Å². The van der Waals surface area contributed by atoms with Crippen molar-refractivity contribution in [1.29, 1.82) is 0 Å². The third kappa shape index (κ3) is 2.55. The molecule has 1 aromatic heterocycles. The Morgan fingerprint density at radius 3 is 2.18 bits per heavy atom. The summed E-state index contributed by atoms with van der Waals surface area (Å²) in [5.41, 5.74) is 9.40. The van der Waals surface area contributed by atoms with Crippen molar-refractivity contribution in [3.8, 4) is 11.1 Å². The molecule has 158 valence electrons. The minimum absolute atomic E-state index is 0.0195. The van der Waals surface area contributed by atoms with E-state index in [2.05, 4.69) is 104 Å². The van der Waals surface area contributed by atoms with Gasteiger partial charge >= 0.3 is 0 Å². The summed E-state index contributed by atoms with van der Waals surface area (Å²) in [6.07, 6.45) is 0. The van der Waals surface area contributed by atoms with Crippen LogP contribution in [0.15, 0.2) is 101 Å². The molecule has 5 aromatic carbocycles. The van der Waals surface area contributed by atoms with Gasteiger partial charge in [-0.1, -0.05) is 86.6 Å². The molecule has 0 spiro atoms. The van der Waals surface area contributed by atoms with Crippen LogP contribution < -0.4 is 5.32 Å². The van der Waals surface area contributed by atoms with Crippen LogP contribution in [0, 0.1) is 0 Å². The second kappa shape index (κ2) is 6.49. The minimum atomic E-state index is -0.0195. The van der Waals surface area contributed by atoms with Gasteiger partial charge in [-0.05, 0) is 45.8 Å². The van der Waals surface area contributed by atoms with E-state index < -0.39 is 0 Å². The standard InChI is InChI=1S/C31H23NO/c1-31(2)25-13-7-5-9-20(25)21-16-15-19(17-26(21)31)32-27-18-29-30(23-11-4-3-10-22(23)27)24-12-6-8-14-28(24)33-29/h3-18,32H,1-2H3. The average molecular weight is 426 g/mol. The van der Waals surface area contributed by atoms with Gasteiger partial charge in [0.15, 0.2) is 0 Å². The first-order chi connectivity index (χ1) is 16.1. The Morgan fingerprint density at radius 2 is 1.30 bits per heavy atom. The van der Waals surface area contributed by atoms with Gasteiger partial charge in [0.2, 0.25) is 0 Å². The first kappa shape index (κ1) is 18.5. The molecule has 0 unspecified atom stereocenters. The van der Waals surface area contributed by atoms with Crippen LogP contribution in [0.5, 0.6) is 0 Å². The molecular weight excluding hydrogens is 402 g/mol. The van der Waals surface area contributed by atoms with Crippen molar-refractivity contribution in [3.05, 3.63) is 108 Å². The summed E-state index contributed by atoms with van der Waals surface area (Å²) in [7, 11) is 0. The molecule has 0 amide bonds. The van der Waals surface area contributed by atoms with Crippen molar-refractivity contribution >= 4 is 44.1 Å². The molecule has 33 heavy (non-hydrogen) atoms. The molecular formula is C31H23NO. The van der Waals surface area contributed by atoms with Crippen LogP contribution in [-0.2, 0) is 5.41 Å². The summed E-state index contributed by atoms with van der Waals surface area (Å²) in [6.45, 7) is 4.63. The van der Waals surface area contributed by atoms with Crippen LogP contribution >= 0.6 is 0 Å². The van der Waals surface area contributed by atoms with Crippen LogP contribution in [-0.4, -0.2) is 0 Å². The van der Waals surface area contributed by atoms with Crippen molar-refractivity contribution in [2.75, 3.05) is 5.32 Å². The molecule has 0 bridgehead atoms. The molecule has 0 atom stereocenters. The van der Waals surface area contributed by atoms with E-state index >= 15 is 0 Å². The van der Waals surface area contributed by atoms with E-state index in [1.54, 1.807) is 0 Å². The highest BCUT2D eigenvalue weighted by Crippen LogP contribution is 2.49. The number of hydrogen-bond donors (Lipinski definition) is 1. The molecule has 1 heterocycles. The van der Waals surface area contributed by atoms with Crippen molar-refractivity contribution in [2.24, 2.45) is 0 Å². The normalized spacial score (nSPS) is 14.0. The van der Waals surface area contributed by atoms with Crippen molar-refractivity contribution in [2.45, 2.75) is 19.3 Å². The van der Waals surface area contributed by atoms with Crippen LogP contribution in [0.3, 0.4) is 0 Å². The number of anilines is 2. The summed E-state index contributed by atoms with van der Waals surface area (Å²) in [5, 5.41) is 8.45. The topological polar surface area (TPSA) is 25.2 Å². The van der Waals surface area contributed by atoms with E-state index in [0.717, 1.165) is 27.9 Å². The van der Waals surface area contributed by atoms with E-state index in [4.69, 9.17) is 4.42 Å². The van der Waals surface area contributed by atoms with Gasteiger partial charge in [-0.2, -0.15) is 0 Å². The number of rotatable bonds is 2. The van der Waals surface area contributed by atoms with Gasteiger partial charge < -0.3 is 9.73 Å². The number of para-hydroxylation sites is 1. The van der Waals surface area contributed by atoms with Gasteiger partial charge in [0.05, 0.1) is 5.69 Å². The predicted octanol–water partition coefficient (Wildman–Crippen LogP) is 8.79. The van der Waals surface area contributed by atoms with Gasteiger partial charge in [-0.25, -0.2) is 0 Å². The number of benzene rings is 5. The summed E-state index contributed by atoms with van der Waals surface area (Å²) in [4.78, 5) is 0. The monoisotopic (exact) mass is 425 g/mol. The third-order valence-corrected chi connectivity index (χ3v) is 7.25.